The van der Waals surface area contributed by atoms with E-state index in [1.54, 1.807) is 12.4 Å². The molecule has 1 N–H and O–H groups in total. The van der Waals surface area contributed by atoms with Crippen molar-refractivity contribution in [3.63, 3.8) is 0 Å². The van der Waals surface area contributed by atoms with Crippen molar-refractivity contribution in [2.75, 3.05) is 4.90 Å². The number of anilines is 1. The van der Waals surface area contributed by atoms with Gasteiger partial charge in [-0.3, -0.25) is 9.88 Å². The van der Waals surface area contributed by atoms with Gasteiger partial charge in [0.25, 0.3) is 0 Å². The van der Waals surface area contributed by atoms with E-state index in [1.165, 1.54) is 15.5 Å². The molecule has 3 aromatic heterocycles. The lowest BCUT2D eigenvalue weighted by Crippen LogP contribution is -2.30. The molecule has 28 heavy (non-hydrogen) atoms. The van der Waals surface area contributed by atoms with Crippen molar-refractivity contribution in [3.8, 4) is 0 Å². The van der Waals surface area contributed by atoms with Crippen LogP contribution in [-0.2, 0) is 6.54 Å². The van der Waals surface area contributed by atoms with Crippen LogP contribution in [-0.4, -0.2) is 30.8 Å². The Morgan fingerprint density at radius 3 is 2.79 bits per heavy atom. The van der Waals surface area contributed by atoms with Crippen LogP contribution in [0.3, 0.4) is 0 Å². The second-order valence-corrected chi connectivity index (χ2v) is 7.22. The van der Waals surface area contributed by atoms with Crippen LogP contribution in [0.5, 0.6) is 0 Å². The predicted molar refractivity (Wildman–Crippen MR) is 108 cm³/mol. The highest BCUT2D eigenvalue weighted by molar-refractivity contribution is 6.29. The molecule has 7 nitrogen and oxygen atoms in total. The number of aromatic nitrogens is 4. The van der Waals surface area contributed by atoms with E-state index >= 15 is 0 Å². The zero-order valence-corrected chi connectivity index (χ0v) is 16.1. The van der Waals surface area contributed by atoms with E-state index in [0.717, 1.165) is 22.0 Å². The van der Waals surface area contributed by atoms with E-state index in [4.69, 9.17) is 11.6 Å². The molecule has 0 radical (unpaired) electrons. The number of carbonyl (C=O) groups is 1. The lowest BCUT2D eigenvalue weighted by Gasteiger charge is -2.20. The van der Waals surface area contributed by atoms with Gasteiger partial charge in [-0.1, -0.05) is 43.6 Å². The average Bonchev–Trinajstić information content (AvgIpc) is 3.09. The molecule has 142 valence electrons. The molecular weight excluding hydrogens is 378 g/mol. The Morgan fingerprint density at radius 2 is 2.04 bits per heavy atom. The van der Waals surface area contributed by atoms with Crippen LogP contribution in [0.2, 0.25) is 5.15 Å². The van der Waals surface area contributed by atoms with Crippen molar-refractivity contribution < 1.29 is 9.90 Å². The Morgan fingerprint density at radius 1 is 1.25 bits per heavy atom. The molecule has 1 amide bonds. The SMILES string of the molecule is CC(C)c1cnn2c(N(Cc3cnc4ccccc4c3)C(=O)O)cc(Cl)nc12. The Labute approximate surface area is 166 Å². The maximum absolute atomic E-state index is 12.1. The van der Waals surface area contributed by atoms with E-state index in [1.807, 2.05) is 44.2 Å². The Bertz CT molecular complexity index is 1190. The van der Waals surface area contributed by atoms with Crippen LogP contribution in [0.15, 0.2) is 48.8 Å². The number of benzene rings is 1. The maximum Gasteiger partial charge on any atom is 0.413 e. The smallest absolute Gasteiger partial charge is 0.413 e. The summed E-state index contributed by atoms with van der Waals surface area (Å²) < 4.78 is 1.52. The number of amides is 1. The van der Waals surface area contributed by atoms with Gasteiger partial charge >= 0.3 is 6.09 Å². The first-order valence-corrected chi connectivity index (χ1v) is 9.20. The first-order valence-electron chi connectivity index (χ1n) is 8.82. The van der Waals surface area contributed by atoms with Crippen molar-refractivity contribution in [1.82, 2.24) is 19.6 Å². The van der Waals surface area contributed by atoms with Gasteiger partial charge in [0.15, 0.2) is 5.65 Å². The summed E-state index contributed by atoms with van der Waals surface area (Å²) in [5, 5.41) is 15.4. The van der Waals surface area contributed by atoms with Gasteiger partial charge in [-0.15, -0.1) is 0 Å². The van der Waals surface area contributed by atoms with Gasteiger partial charge < -0.3 is 5.11 Å². The number of pyridine rings is 1. The fourth-order valence-electron chi connectivity index (χ4n) is 3.17. The van der Waals surface area contributed by atoms with E-state index < -0.39 is 6.09 Å². The summed E-state index contributed by atoms with van der Waals surface area (Å²) in [5.41, 5.74) is 3.08. The normalized spacial score (nSPS) is 11.4. The molecule has 0 fully saturated rings. The molecule has 0 atom stereocenters. The van der Waals surface area contributed by atoms with Gasteiger partial charge in [0.1, 0.15) is 11.0 Å². The number of nitrogens with zero attached hydrogens (tertiary/aromatic N) is 5. The fraction of sp³-hybridized carbons (Fsp3) is 0.200. The number of rotatable bonds is 4. The maximum atomic E-state index is 12.1. The predicted octanol–water partition coefficient (Wildman–Crippen LogP) is 4.74. The number of fused-ring (bicyclic) bond motifs is 2. The highest BCUT2D eigenvalue weighted by Crippen LogP contribution is 2.27. The third kappa shape index (κ3) is 3.25. The van der Waals surface area contributed by atoms with Gasteiger partial charge in [0.05, 0.1) is 18.3 Å². The third-order valence-corrected chi connectivity index (χ3v) is 4.76. The second-order valence-electron chi connectivity index (χ2n) is 6.83. The van der Waals surface area contributed by atoms with Gasteiger partial charge in [-0.25, -0.2) is 9.78 Å². The van der Waals surface area contributed by atoms with E-state index in [0.29, 0.717) is 11.5 Å². The summed E-state index contributed by atoms with van der Waals surface area (Å²) in [6.07, 6.45) is 2.27. The molecule has 8 heteroatoms. The van der Waals surface area contributed by atoms with Crippen molar-refractivity contribution in [2.45, 2.75) is 26.3 Å². The molecular formula is C20H18ClN5O2. The topological polar surface area (TPSA) is 83.6 Å². The highest BCUT2D eigenvalue weighted by atomic mass is 35.5. The van der Waals surface area contributed by atoms with Crippen LogP contribution in [0, 0.1) is 0 Å². The molecule has 4 aromatic rings. The molecule has 0 aliphatic heterocycles. The molecule has 4 rings (SSSR count). The lowest BCUT2D eigenvalue weighted by atomic mass is 10.1. The van der Waals surface area contributed by atoms with Crippen molar-refractivity contribution in [1.29, 1.82) is 0 Å². The Kier molecular flexibility index (Phi) is 4.60. The molecule has 0 bridgehead atoms. The van der Waals surface area contributed by atoms with Gasteiger partial charge in [-0.05, 0) is 23.6 Å². The number of hydrogen-bond acceptors (Lipinski definition) is 4. The molecule has 0 aliphatic rings. The quantitative estimate of drug-likeness (QED) is 0.504. The zero-order valence-electron chi connectivity index (χ0n) is 15.4. The average molecular weight is 396 g/mol. The third-order valence-electron chi connectivity index (χ3n) is 4.57. The first kappa shape index (κ1) is 18.2. The summed E-state index contributed by atoms with van der Waals surface area (Å²) in [6.45, 7) is 4.16. The Hall–Kier alpha value is -3.19. The van der Waals surface area contributed by atoms with Crippen molar-refractivity contribution in [2.24, 2.45) is 0 Å². The fourth-order valence-corrected chi connectivity index (χ4v) is 3.34. The summed E-state index contributed by atoms with van der Waals surface area (Å²) in [4.78, 5) is 22.0. The lowest BCUT2D eigenvalue weighted by molar-refractivity contribution is 0.201. The minimum absolute atomic E-state index is 0.111. The highest BCUT2D eigenvalue weighted by Gasteiger charge is 2.22. The van der Waals surface area contributed by atoms with Crippen LogP contribution in [0.1, 0.15) is 30.9 Å². The number of halogens is 1. The van der Waals surface area contributed by atoms with Gasteiger partial charge in [0.2, 0.25) is 0 Å². The van der Waals surface area contributed by atoms with Crippen LogP contribution < -0.4 is 4.90 Å². The van der Waals surface area contributed by atoms with E-state index in [9.17, 15) is 9.90 Å². The summed E-state index contributed by atoms with van der Waals surface area (Å²) in [5.74, 6) is 0.516. The van der Waals surface area contributed by atoms with Crippen LogP contribution in [0.25, 0.3) is 16.6 Å². The molecule has 0 unspecified atom stereocenters. The van der Waals surface area contributed by atoms with Crippen molar-refractivity contribution >= 4 is 40.1 Å². The monoisotopic (exact) mass is 395 g/mol. The van der Waals surface area contributed by atoms with E-state index in [2.05, 4.69) is 15.1 Å². The molecule has 3 heterocycles. The minimum Gasteiger partial charge on any atom is -0.465 e. The minimum atomic E-state index is -1.11. The van der Waals surface area contributed by atoms with Crippen molar-refractivity contribution in [3.05, 3.63) is 65.1 Å². The molecule has 0 saturated carbocycles. The van der Waals surface area contributed by atoms with E-state index in [-0.39, 0.29) is 17.6 Å². The van der Waals surface area contributed by atoms with Gasteiger partial charge in [0, 0.05) is 23.2 Å². The standard InChI is InChI=1S/C20H18ClN5O2/c1-12(2)15-10-23-26-18(8-17(21)24-19(15)26)25(20(27)28)11-13-7-14-5-3-4-6-16(14)22-9-13/h3-10,12H,11H2,1-2H3,(H,27,28). The van der Waals surface area contributed by atoms with Gasteiger partial charge in [-0.2, -0.15) is 9.61 Å². The zero-order chi connectivity index (χ0) is 19.8. The number of para-hydroxylation sites is 1. The summed E-state index contributed by atoms with van der Waals surface area (Å²) >= 11 is 6.20. The number of hydrogen-bond donors (Lipinski definition) is 1. The summed E-state index contributed by atoms with van der Waals surface area (Å²) in [7, 11) is 0. The molecule has 1 aromatic carbocycles. The molecule has 0 spiro atoms. The largest absolute Gasteiger partial charge is 0.465 e. The molecule has 0 saturated heterocycles. The summed E-state index contributed by atoms with van der Waals surface area (Å²) in [6, 6.07) is 11.1. The number of carboxylic acid groups (broad SMARTS) is 1. The first-order chi connectivity index (χ1) is 13.4. The van der Waals surface area contributed by atoms with Crippen LogP contribution in [0.4, 0.5) is 10.6 Å². The second kappa shape index (κ2) is 7.09. The van der Waals surface area contributed by atoms with Crippen LogP contribution >= 0.6 is 11.6 Å². The Balaban J connectivity index is 1.80. The molecule has 0 aliphatic carbocycles.